The highest BCUT2D eigenvalue weighted by molar-refractivity contribution is 5.79. The molecule has 0 unspecified atom stereocenters. The number of hydrogen-bond acceptors (Lipinski definition) is 4. The number of nitrogens with zero attached hydrogens (tertiary/aromatic N) is 2. The van der Waals surface area contributed by atoms with E-state index in [9.17, 15) is 4.79 Å². The van der Waals surface area contributed by atoms with Crippen LogP contribution in [-0.2, 0) is 4.79 Å². The van der Waals surface area contributed by atoms with Gasteiger partial charge in [0.15, 0.2) is 5.58 Å². The highest BCUT2D eigenvalue weighted by Crippen LogP contribution is 2.26. The van der Waals surface area contributed by atoms with Crippen LogP contribution in [0, 0.1) is 5.92 Å². The van der Waals surface area contributed by atoms with Gasteiger partial charge in [-0.1, -0.05) is 12.1 Å². The molecule has 0 bridgehead atoms. The van der Waals surface area contributed by atoms with E-state index in [-0.39, 0.29) is 11.8 Å². The topological polar surface area (TPSA) is 58.4 Å². The molecule has 1 amide bonds. The molecule has 5 nitrogen and oxygen atoms in total. The predicted molar refractivity (Wildman–Crippen MR) is 77.6 cm³/mol. The summed E-state index contributed by atoms with van der Waals surface area (Å²) in [7, 11) is 0. The Morgan fingerprint density at radius 2 is 2.15 bits per heavy atom. The SMILES string of the molecule is CCNC(=O)C1CCN(c2nc3ccccc3o2)CC1. The Balaban J connectivity index is 1.67. The lowest BCUT2D eigenvalue weighted by Gasteiger charge is -2.29. The maximum absolute atomic E-state index is 11.8. The first-order valence-electron chi connectivity index (χ1n) is 7.16. The molecule has 20 heavy (non-hydrogen) atoms. The van der Waals surface area contributed by atoms with Crippen molar-refractivity contribution in [2.24, 2.45) is 5.92 Å². The zero-order chi connectivity index (χ0) is 13.9. The number of para-hydroxylation sites is 2. The molecule has 1 aliphatic rings. The third-order valence-corrected chi connectivity index (χ3v) is 3.77. The smallest absolute Gasteiger partial charge is 0.298 e. The zero-order valence-electron chi connectivity index (χ0n) is 11.6. The summed E-state index contributed by atoms with van der Waals surface area (Å²) in [6, 6.07) is 8.44. The van der Waals surface area contributed by atoms with Crippen LogP contribution in [0.3, 0.4) is 0 Å². The number of carbonyl (C=O) groups excluding carboxylic acids is 1. The van der Waals surface area contributed by atoms with Gasteiger partial charge in [-0.3, -0.25) is 4.79 Å². The van der Waals surface area contributed by atoms with Crippen LogP contribution < -0.4 is 10.2 Å². The van der Waals surface area contributed by atoms with Crippen molar-refractivity contribution in [1.82, 2.24) is 10.3 Å². The summed E-state index contributed by atoms with van der Waals surface area (Å²) in [6.45, 7) is 4.28. The van der Waals surface area contributed by atoms with Crippen LogP contribution in [0.4, 0.5) is 6.01 Å². The lowest BCUT2D eigenvalue weighted by Crippen LogP contribution is -2.40. The third kappa shape index (κ3) is 2.48. The molecule has 1 fully saturated rings. The van der Waals surface area contributed by atoms with Crippen molar-refractivity contribution in [1.29, 1.82) is 0 Å². The molecule has 2 aromatic rings. The second-order valence-electron chi connectivity index (χ2n) is 5.12. The van der Waals surface area contributed by atoms with Gasteiger partial charge < -0.3 is 14.6 Å². The fourth-order valence-electron chi connectivity index (χ4n) is 2.65. The summed E-state index contributed by atoms with van der Waals surface area (Å²) >= 11 is 0. The molecule has 1 N–H and O–H groups in total. The molecule has 0 spiro atoms. The molecule has 1 saturated heterocycles. The van der Waals surface area contributed by atoms with Crippen molar-refractivity contribution < 1.29 is 9.21 Å². The number of carbonyl (C=O) groups is 1. The Morgan fingerprint density at radius 1 is 1.40 bits per heavy atom. The van der Waals surface area contributed by atoms with Crippen LogP contribution >= 0.6 is 0 Å². The number of oxazole rings is 1. The van der Waals surface area contributed by atoms with Crippen LogP contribution in [0.25, 0.3) is 11.1 Å². The van der Waals surface area contributed by atoms with Gasteiger partial charge in [0.05, 0.1) is 0 Å². The van der Waals surface area contributed by atoms with Gasteiger partial charge in [-0.15, -0.1) is 0 Å². The number of aromatic nitrogens is 1. The molecular formula is C15H19N3O2. The van der Waals surface area contributed by atoms with E-state index in [2.05, 4.69) is 15.2 Å². The molecule has 0 atom stereocenters. The van der Waals surface area contributed by atoms with Crippen LogP contribution in [0.5, 0.6) is 0 Å². The zero-order valence-corrected chi connectivity index (χ0v) is 11.6. The summed E-state index contributed by atoms with van der Waals surface area (Å²) < 4.78 is 5.76. The number of fused-ring (bicyclic) bond motifs is 1. The molecular weight excluding hydrogens is 254 g/mol. The maximum atomic E-state index is 11.8. The summed E-state index contributed by atoms with van der Waals surface area (Å²) in [5.41, 5.74) is 1.70. The van der Waals surface area contributed by atoms with Crippen molar-refractivity contribution in [3.05, 3.63) is 24.3 Å². The maximum Gasteiger partial charge on any atom is 0.298 e. The van der Waals surface area contributed by atoms with Gasteiger partial charge in [0.25, 0.3) is 6.01 Å². The quantitative estimate of drug-likeness (QED) is 0.931. The van der Waals surface area contributed by atoms with Gasteiger partial charge >= 0.3 is 0 Å². The lowest BCUT2D eigenvalue weighted by atomic mass is 9.96. The fourth-order valence-corrected chi connectivity index (χ4v) is 2.65. The molecule has 1 aromatic carbocycles. The monoisotopic (exact) mass is 273 g/mol. The molecule has 1 aliphatic heterocycles. The van der Waals surface area contributed by atoms with Gasteiger partial charge in [0.2, 0.25) is 5.91 Å². The van der Waals surface area contributed by atoms with Crippen molar-refractivity contribution in [2.45, 2.75) is 19.8 Å². The van der Waals surface area contributed by atoms with Gasteiger partial charge in [0.1, 0.15) is 5.52 Å². The Labute approximate surface area is 118 Å². The molecule has 5 heteroatoms. The minimum atomic E-state index is 0.121. The Morgan fingerprint density at radius 3 is 2.85 bits per heavy atom. The first-order valence-corrected chi connectivity index (χ1v) is 7.16. The van der Waals surface area contributed by atoms with E-state index in [0.717, 1.165) is 37.0 Å². The highest BCUT2D eigenvalue weighted by Gasteiger charge is 2.26. The molecule has 3 rings (SSSR count). The fraction of sp³-hybridized carbons (Fsp3) is 0.467. The highest BCUT2D eigenvalue weighted by atomic mass is 16.4. The van der Waals surface area contributed by atoms with Crippen LogP contribution in [0.1, 0.15) is 19.8 Å². The van der Waals surface area contributed by atoms with Gasteiger partial charge in [0, 0.05) is 25.6 Å². The van der Waals surface area contributed by atoms with E-state index >= 15 is 0 Å². The van der Waals surface area contributed by atoms with Crippen molar-refractivity contribution in [2.75, 3.05) is 24.5 Å². The second kappa shape index (κ2) is 5.53. The number of piperidine rings is 1. The van der Waals surface area contributed by atoms with Crippen LogP contribution in [-0.4, -0.2) is 30.5 Å². The largest absolute Gasteiger partial charge is 0.423 e. The Kier molecular flexibility index (Phi) is 3.58. The summed E-state index contributed by atoms with van der Waals surface area (Å²) in [4.78, 5) is 18.4. The summed E-state index contributed by atoms with van der Waals surface area (Å²) in [5, 5.41) is 2.89. The number of rotatable bonds is 3. The van der Waals surface area contributed by atoms with E-state index in [1.807, 2.05) is 31.2 Å². The normalized spacial score (nSPS) is 16.6. The first-order chi connectivity index (χ1) is 9.78. The van der Waals surface area contributed by atoms with Gasteiger partial charge in [-0.05, 0) is 31.9 Å². The summed E-state index contributed by atoms with van der Waals surface area (Å²) in [5.74, 6) is 0.292. The Bertz CT molecular complexity index is 567. The van der Waals surface area contributed by atoms with Crippen molar-refractivity contribution in [3.8, 4) is 0 Å². The van der Waals surface area contributed by atoms with E-state index in [0.29, 0.717) is 12.6 Å². The molecule has 2 heterocycles. The van der Waals surface area contributed by atoms with Crippen LogP contribution in [0.2, 0.25) is 0 Å². The molecule has 0 aliphatic carbocycles. The number of amides is 1. The standard InChI is InChI=1S/C15H19N3O2/c1-2-16-14(19)11-7-9-18(10-8-11)15-17-12-5-3-4-6-13(12)20-15/h3-6,11H,2,7-10H2,1H3,(H,16,19). The minimum absolute atomic E-state index is 0.121. The van der Waals surface area contributed by atoms with Crippen molar-refractivity contribution in [3.63, 3.8) is 0 Å². The Hall–Kier alpha value is -2.04. The van der Waals surface area contributed by atoms with E-state index in [1.165, 1.54) is 0 Å². The van der Waals surface area contributed by atoms with Gasteiger partial charge in [-0.25, -0.2) is 0 Å². The predicted octanol–water partition coefficient (Wildman–Crippen LogP) is 2.18. The lowest BCUT2D eigenvalue weighted by molar-refractivity contribution is -0.125. The number of benzene rings is 1. The molecule has 0 saturated carbocycles. The first kappa shape index (κ1) is 13.0. The second-order valence-corrected chi connectivity index (χ2v) is 5.12. The third-order valence-electron chi connectivity index (χ3n) is 3.77. The average Bonchev–Trinajstić information content (AvgIpc) is 2.91. The number of hydrogen-bond donors (Lipinski definition) is 1. The number of anilines is 1. The summed E-state index contributed by atoms with van der Waals surface area (Å²) in [6.07, 6.45) is 1.70. The van der Waals surface area contributed by atoms with Gasteiger partial charge in [-0.2, -0.15) is 4.98 Å². The van der Waals surface area contributed by atoms with E-state index < -0.39 is 0 Å². The van der Waals surface area contributed by atoms with E-state index in [1.54, 1.807) is 0 Å². The minimum Gasteiger partial charge on any atom is -0.423 e. The van der Waals surface area contributed by atoms with E-state index in [4.69, 9.17) is 4.42 Å². The molecule has 106 valence electrons. The number of nitrogens with one attached hydrogen (secondary N) is 1. The molecule has 0 radical (unpaired) electrons. The molecule has 1 aromatic heterocycles. The van der Waals surface area contributed by atoms with Crippen molar-refractivity contribution >= 4 is 23.0 Å². The van der Waals surface area contributed by atoms with Crippen LogP contribution in [0.15, 0.2) is 28.7 Å². The average molecular weight is 273 g/mol.